The van der Waals surface area contributed by atoms with E-state index in [-0.39, 0.29) is 15.7 Å². The van der Waals surface area contributed by atoms with E-state index in [2.05, 4.69) is 28.6 Å². The summed E-state index contributed by atoms with van der Waals surface area (Å²) in [6.45, 7) is 0.506. The van der Waals surface area contributed by atoms with Crippen molar-refractivity contribution >= 4 is 34.2 Å². The van der Waals surface area contributed by atoms with Crippen LogP contribution in [-0.4, -0.2) is 15.2 Å². The van der Waals surface area contributed by atoms with Gasteiger partial charge in [0.1, 0.15) is 0 Å². The molecule has 1 heterocycles. The zero-order valence-electron chi connectivity index (χ0n) is 9.84. The first-order valence-electron chi connectivity index (χ1n) is 5.71. The SMILES string of the molecule is O=c1c(Br)cc([N+](=O)[O-])cn1CCCCCCS. The summed E-state index contributed by atoms with van der Waals surface area (Å²) < 4.78 is 1.62. The number of aromatic nitrogens is 1. The second-order valence-electron chi connectivity index (χ2n) is 3.94. The molecule has 0 aliphatic heterocycles. The third-order valence-electron chi connectivity index (χ3n) is 2.55. The quantitative estimate of drug-likeness (QED) is 0.361. The number of halogens is 1. The first kappa shape index (κ1) is 15.2. The summed E-state index contributed by atoms with van der Waals surface area (Å²) in [6, 6.07) is 1.24. The molecular weight excluding hydrogens is 320 g/mol. The lowest BCUT2D eigenvalue weighted by Crippen LogP contribution is -2.20. The van der Waals surface area contributed by atoms with Crippen LogP contribution in [-0.2, 0) is 6.54 Å². The van der Waals surface area contributed by atoms with Gasteiger partial charge in [-0.15, -0.1) is 0 Å². The van der Waals surface area contributed by atoms with Gasteiger partial charge in [0.15, 0.2) is 0 Å². The molecule has 0 saturated heterocycles. The lowest BCUT2D eigenvalue weighted by molar-refractivity contribution is -0.385. The molecule has 5 nitrogen and oxygen atoms in total. The molecule has 0 saturated carbocycles. The fourth-order valence-corrected chi connectivity index (χ4v) is 2.28. The van der Waals surface area contributed by atoms with Crippen LogP contribution >= 0.6 is 28.6 Å². The van der Waals surface area contributed by atoms with Crippen molar-refractivity contribution in [3.05, 3.63) is 37.2 Å². The normalized spacial score (nSPS) is 10.6. The Balaban J connectivity index is 2.69. The maximum Gasteiger partial charge on any atom is 0.286 e. The fourth-order valence-electron chi connectivity index (χ4n) is 1.60. The number of hydrogen-bond acceptors (Lipinski definition) is 4. The molecule has 1 aromatic rings. The minimum Gasteiger partial charge on any atom is -0.308 e. The van der Waals surface area contributed by atoms with Gasteiger partial charge in [-0.3, -0.25) is 14.9 Å². The smallest absolute Gasteiger partial charge is 0.286 e. The molecule has 0 amide bonds. The van der Waals surface area contributed by atoms with Crippen LogP contribution in [0.5, 0.6) is 0 Å². The second kappa shape index (κ2) is 7.58. The summed E-state index contributed by atoms with van der Waals surface area (Å²) in [5.74, 6) is 0.863. The van der Waals surface area contributed by atoms with Crippen molar-refractivity contribution in [2.75, 3.05) is 5.75 Å². The first-order valence-corrected chi connectivity index (χ1v) is 7.14. The van der Waals surface area contributed by atoms with E-state index < -0.39 is 4.92 Å². The predicted octanol–water partition coefficient (Wildman–Crippen LogP) is 3.01. The minimum atomic E-state index is -0.498. The highest BCUT2D eigenvalue weighted by molar-refractivity contribution is 9.10. The molecule has 0 N–H and O–H groups in total. The maximum atomic E-state index is 11.7. The van der Waals surface area contributed by atoms with E-state index in [1.165, 1.54) is 16.8 Å². The van der Waals surface area contributed by atoms with Crippen LogP contribution in [0.3, 0.4) is 0 Å². The van der Waals surface area contributed by atoms with Crippen LogP contribution in [0.1, 0.15) is 25.7 Å². The Morgan fingerprint density at radius 2 is 2.00 bits per heavy atom. The van der Waals surface area contributed by atoms with Crippen molar-refractivity contribution in [3.63, 3.8) is 0 Å². The molecule has 1 aromatic heterocycles. The molecule has 0 fully saturated rings. The molecule has 0 aliphatic rings. The summed E-state index contributed by atoms with van der Waals surface area (Å²) in [6.07, 6.45) is 5.24. The van der Waals surface area contributed by atoms with Crippen LogP contribution in [0.2, 0.25) is 0 Å². The van der Waals surface area contributed by atoms with Gasteiger partial charge in [-0.05, 0) is 34.5 Å². The molecule has 1 rings (SSSR count). The Kier molecular flexibility index (Phi) is 6.42. The molecule has 0 aliphatic carbocycles. The third kappa shape index (κ3) is 4.45. The van der Waals surface area contributed by atoms with E-state index in [0.29, 0.717) is 6.54 Å². The highest BCUT2D eigenvalue weighted by atomic mass is 79.9. The Labute approximate surface area is 119 Å². The number of aryl methyl sites for hydroxylation is 1. The standard InChI is InChI=1S/C11H15BrN2O3S/c12-10-7-9(14(16)17)8-13(11(10)15)5-3-1-2-4-6-18/h7-8,18H,1-6H2. The van der Waals surface area contributed by atoms with Gasteiger partial charge < -0.3 is 4.57 Å². The van der Waals surface area contributed by atoms with Crippen molar-refractivity contribution in [3.8, 4) is 0 Å². The highest BCUT2D eigenvalue weighted by Crippen LogP contribution is 2.14. The van der Waals surface area contributed by atoms with Crippen molar-refractivity contribution in [2.45, 2.75) is 32.2 Å². The highest BCUT2D eigenvalue weighted by Gasteiger charge is 2.11. The Morgan fingerprint density at radius 1 is 1.33 bits per heavy atom. The molecule has 0 bridgehead atoms. The zero-order valence-corrected chi connectivity index (χ0v) is 12.3. The Bertz CT molecular complexity index is 476. The number of hydrogen-bond donors (Lipinski definition) is 1. The van der Waals surface area contributed by atoms with Gasteiger partial charge in [0.2, 0.25) is 0 Å². The van der Waals surface area contributed by atoms with E-state index in [4.69, 9.17) is 0 Å². The third-order valence-corrected chi connectivity index (χ3v) is 3.43. The van der Waals surface area contributed by atoms with Gasteiger partial charge in [0, 0.05) is 12.6 Å². The Morgan fingerprint density at radius 3 is 2.61 bits per heavy atom. The van der Waals surface area contributed by atoms with Crippen molar-refractivity contribution in [1.29, 1.82) is 0 Å². The maximum absolute atomic E-state index is 11.7. The number of thiol groups is 1. The summed E-state index contributed by atoms with van der Waals surface area (Å²) in [7, 11) is 0. The van der Waals surface area contributed by atoms with E-state index >= 15 is 0 Å². The molecule has 100 valence electrons. The van der Waals surface area contributed by atoms with Gasteiger partial charge in [-0.1, -0.05) is 12.8 Å². The monoisotopic (exact) mass is 334 g/mol. The summed E-state index contributed by atoms with van der Waals surface area (Å²) in [5.41, 5.74) is -0.299. The molecular formula is C11H15BrN2O3S. The lowest BCUT2D eigenvalue weighted by Gasteiger charge is -2.06. The van der Waals surface area contributed by atoms with E-state index in [9.17, 15) is 14.9 Å². The zero-order chi connectivity index (χ0) is 13.5. The summed E-state index contributed by atoms with van der Waals surface area (Å²) in [4.78, 5) is 21.9. The van der Waals surface area contributed by atoms with Gasteiger partial charge >= 0.3 is 0 Å². The van der Waals surface area contributed by atoms with Crippen LogP contribution in [0.4, 0.5) is 5.69 Å². The van der Waals surface area contributed by atoms with Gasteiger partial charge in [0.05, 0.1) is 15.6 Å². The minimum absolute atomic E-state index is 0.0724. The lowest BCUT2D eigenvalue weighted by atomic mass is 10.2. The molecule has 0 spiro atoms. The number of unbranched alkanes of at least 4 members (excludes halogenated alkanes) is 3. The fraction of sp³-hybridized carbons (Fsp3) is 0.545. The van der Waals surface area contributed by atoms with Crippen LogP contribution in [0.15, 0.2) is 21.5 Å². The largest absolute Gasteiger partial charge is 0.308 e. The average Bonchev–Trinajstić information content (AvgIpc) is 2.33. The molecule has 18 heavy (non-hydrogen) atoms. The number of nitrogens with zero attached hydrogens (tertiary/aromatic N) is 2. The summed E-state index contributed by atoms with van der Waals surface area (Å²) in [5, 5.41) is 10.7. The van der Waals surface area contributed by atoms with Gasteiger partial charge in [-0.25, -0.2) is 0 Å². The van der Waals surface area contributed by atoms with Crippen molar-refractivity contribution < 1.29 is 4.92 Å². The molecule has 0 radical (unpaired) electrons. The van der Waals surface area contributed by atoms with Crippen LogP contribution in [0.25, 0.3) is 0 Å². The predicted molar refractivity (Wildman–Crippen MR) is 77.4 cm³/mol. The van der Waals surface area contributed by atoms with Crippen LogP contribution < -0.4 is 5.56 Å². The second-order valence-corrected chi connectivity index (χ2v) is 5.24. The summed E-state index contributed by atoms with van der Waals surface area (Å²) >= 11 is 7.17. The molecule has 0 unspecified atom stereocenters. The Hall–Kier alpha value is -0.820. The topological polar surface area (TPSA) is 65.1 Å². The van der Waals surface area contributed by atoms with E-state index in [1.807, 2.05) is 0 Å². The number of rotatable bonds is 7. The van der Waals surface area contributed by atoms with E-state index in [0.717, 1.165) is 31.4 Å². The molecule has 0 aromatic carbocycles. The molecule has 0 atom stereocenters. The van der Waals surface area contributed by atoms with Crippen molar-refractivity contribution in [2.24, 2.45) is 0 Å². The average molecular weight is 335 g/mol. The number of nitro groups is 1. The van der Waals surface area contributed by atoms with Crippen LogP contribution in [0, 0.1) is 10.1 Å². The first-order chi connectivity index (χ1) is 8.56. The van der Waals surface area contributed by atoms with E-state index in [1.54, 1.807) is 0 Å². The molecule has 7 heteroatoms. The van der Waals surface area contributed by atoms with Gasteiger partial charge in [0.25, 0.3) is 11.2 Å². The number of pyridine rings is 1. The van der Waals surface area contributed by atoms with Crippen molar-refractivity contribution in [1.82, 2.24) is 4.57 Å². The van der Waals surface area contributed by atoms with Gasteiger partial charge in [-0.2, -0.15) is 12.6 Å².